The zero-order valence-electron chi connectivity index (χ0n) is 33.9. The van der Waals surface area contributed by atoms with Crippen molar-refractivity contribution >= 4 is 23.6 Å². The van der Waals surface area contributed by atoms with Gasteiger partial charge in [0, 0.05) is 48.8 Å². The number of aliphatic hydroxyl groups excluding tert-OH is 1. The second-order valence-corrected chi connectivity index (χ2v) is 20.0. The summed E-state index contributed by atoms with van der Waals surface area (Å²) in [5.41, 5.74) is 0.440. The molecule has 4 fully saturated rings. The highest BCUT2D eigenvalue weighted by atomic mass is 16.5. The van der Waals surface area contributed by atoms with Crippen LogP contribution in [-0.4, -0.2) is 69.5 Å². The highest BCUT2D eigenvalue weighted by Gasteiger charge is 2.71. The van der Waals surface area contributed by atoms with Crippen molar-refractivity contribution in [1.82, 2.24) is 9.88 Å². The van der Waals surface area contributed by atoms with E-state index in [2.05, 4.69) is 53.5 Å². The maximum absolute atomic E-state index is 14.1. The number of carboxylic acid groups (broad SMARTS) is 1. The highest BCUT2D eigenvalue weighted by Crippen LogP contribution is 2.77. The lowest BCUT2D eigenvalue weighted by Crippen LogP contribution is -2.66. The van der Waals surface area contributed by atoms with Crippen molar-refractivity contribution in [1.29, 1.82) is 0 Å². The second kappa shape index (κ2) is 13.3. The van der Waals surface area contributed by atoms with Gasteiger partial charge < -0.3 is 19.8 Å². The number of likely N-dealkylation sites (N-methyl/N-ethyl adjacent to an activating group) is 1. The molecule has 292 valence electrons. The molecule has 5 aliphatic carbocycles. The normalized spacial score (nSPS) is 36.9. The van der Waals surface area contributed by atoms with E-state index in [1.165, 1.54) is 5.57 Å². The van der Waals surface area contributed by atoms with Gasteiger partial charge in [0.05, 0.1) is 17.9 Å². The molecular weight excluding hydrogens is 668 g/mol. The Hall–Kier alpha value is -3.07. The summed E-state index contributed by atoms with van der Waals surface area (Å²) in [7, 11) is 1.73. The summed E-state index contributed by atoms with van der Waals surface area (Å²) in [6.07, 6.45) is 9.59. The van der Waals surface area contributed by atoms with Crippen LogP contribution in [0.3, 0.4) is 0 Å². The predicted molar refractivity (Wildman–Crippen MR) is 203 cm³/mol. The van der Waals surface area contributed by atoms with Crippen molar-refractivity contribution < 1.29 is 34.1 Å². The minimum absolute atomic E-state index is 0.00177. The summed E-state index contributed by atoms with van der Waals surface area (Å²) in [4.78, 5) is 57.9. The molecule has 53 heavy (non-hydrogen) atoms. The summed E-state index contributed by atoms with van der Waals surface area (Å²) < 4.78 is 6.15. The molecule has 9 atom stereocenters. The monoisotopic (exact) mass is 732 g/mol. The molecule has 1 aromatic rings. The van der Waals surface area contributed by atoms with Crippen LogP contribution in [0.2, 0.25) is 0 Å². The van der Waals surface area contributed by atoms with Crippen molar-refractivity contribution in [3.8, 4) is 0 Å². The molecule has 1 heterocycles. The van der Waals surface area contributed by atoms with Crippen LogP contribution in [0.15, 0.2) is 35.7 Å². The maximum atomic E-state index is 14.1. The lowest BCUT2D eigenvalue weighted by molar-refractivity contribution is -0.235. The predicted octanol–water partition coefficient (Wildman–Crippen LogP) is 7.91. The van der Waals surface area contributed by atoms with E-state index in [9.17, 15) is 29.4 Å². The number of carbonyl (C=O) groups is 4. The zero-order valence-corrected chi connectivity index (χ0v) is 33.9. The van der Waals surface area contributed by atoms with Gasteiger partial charge in [0.15, 0.2) is 5.78 Å². The second-order valence-electron chi connectivity index (χ2n) is 20.0. The van der Waals surface area contributed by atoms with E-state index in [1.54, 1.807) is 50.3 Å². The molecule has 6 rings (SSSR count). The Labute approximate surface area is 316 Å². The first-order valence-corrected chi connectivity index (χ1v) is 20.1. The molecule has 2 N–H and O–H groups in total. The Morgan fingerprint density at radius 3 is 2.23 bits per heavy atom. The summed E-state index contributed by atoms with van der Waals surface area (Å²) in [5, 5.41) is 21.9. The van der Waals surface area contributed by atoms with Crippen LogP contribution in [0.5, 0.6) is 0 Å². The van der Waals surface area contributed by atoms with Gasteiger partial charge in [-0.1, -0.05) is 54.0 Å². The van der Waals surface area contributed by atoms with Crippen LogP contribution < -0.4 is 0 Å². The van der Waals surface area contributed by atoms with Crippen LogP contribution in [0.25, 0.3) is 0 Å². The Bertz CT molecular complexity index is 1680. The fourth-order valence-electron chi connectivity index (χ4n) is 13.1. The number of aromatic nitrogens is 1. The number of carbonyl (C=O) groups excluding carboxylic acids is 3. The molecule has 0 unspecified atom stereocenters. The molecular formula is C44H64N2O7. The molecule has 0 saturated heterocycles. The van der Waals surface area contributed by atoms with Gasteiger partial charge in [-0.25, -0.2) is 0 Å². The number of aliphatic carboxylic acids is 1. The number of hydrogen-bond donors (Lipinski definition) is 2. The van der Waals surface area contributed by atoms with Gasteiger partial charge in [0.2, 0.25) is 0 Å². The molecule has 0 bridgehead atoms. The van der Waals surface area contributed by atoms with E-state index in [0.717, 1.165) is 50.5 Å². The Morgan fingerprint density at radius 2 is 1.60 bits per heavy atom. The van der Waals surface area contributed by atoms with Crippen LogP contribution in [-0.2, 0) is 19.1 Å². The summed E-state index contributed by atoms with van der Waals surface area (Å²) in [5.74, 6) is -0.459. The van der Waals surface area contributed by atoms with E-state index in [0.29, 0.717) is 30.2 Å². The molecule has 0 spiro atoms. The first kappa shape index (κ1) is 39.6. The number of amides is 1. The van der Waals surface area contributed by atoms with Crippen LogP contribution >= 0.6 is 0 Å². The molecule has 0 aliphatic heterocycles. The maximum Gasteiger partial charge on any atom is 0.309 e. The van der Waals surface area contributed by atoms with E-state index >= 15 is 0 Å². The SMILES string of the molecule is CC(C)C1=C2[C@H]3CC[C@@H]4[C@@]5(C)CC[C@H](OC(=O)CC(C)(C)C(=O)O)C(C)(C)[C@H]5CC[C@@]4(C)[C@]3(C)CC[C@@]2([C@@H](O)CN(C)C(=O)c2ccncc2)CC1=O. The number of aliphatic hydroxyl groups is 1. The highest BCUT2D eigenvalue weighted by molar-refractivity contribution is 6.01. The Kier molecular flexibility index (Phi) is 9.94. The molecule has 4 saturated carbocycles. The van der Waals surface area contributed by atoms with Crippen LogP contribution in [0, 0.1) is 56.2 Å². The summed E-state index contributed by atoms with van der Waals surface area (Å²) in [6.45, 7) is 19.5. The molecule has 1 aromatic heterocycles. The van der Waals surface area contributed by atoms with Crippen LogP contribution in [0.4, 0.5) is 0 Å². The van der Waals surface area contributed by atoms with E-state index in [4.69, 9.17) is 4.74 Å². The number of nitrogens with zero attached hydrogens (tertiary/aromatic N) is 2. The van der Waals surface area contributed by atoms with Gasteiger partial charge in [0.25, 0.3) is 5.91 Å². The van der Waals surface area contributed by atoms with E-state index in [-0.39, 0.29) is 64.3 Å². The molecule has 1 amide bonds. The summed E-state index contributed by atoms with van der Waals surface area (Å²) >= 11 is 0. The van der Waals surface area contributed by atoms with Gasteiger partial charge in [0.1, 0.15) is 6.10 Å². The molecule has 5 aliphatic rings. The first-order valence-electron chi connectivity index (χ1n) is 20.1. The standard InChI is InChI=1S/C44H64N2O7/c1-26(2)35-29(47)23-44(32(48)25-46(10)37(50)27-15-21-45-22-16-27)20-19-42(8)28(36(35)44)11-12-31-41(7)17-14-33(53-34(49)24-39(3,4)38(51)52)40(5,6)30(41)13-18-43(31,42)9/h15-16,21-22,26,28,30-33,48H,11-14,17-20,23-25H2,1-10H3,(H,51,52)/t28-,30-,31-,32+,33+,41+,42-,43-,44+/m1/s1. The quantitative estimate of drug-likeness (QED) is 0.245. The van der Waals surface area contributed by atoms with Gasteiger partial charge in [-0.2, -0.15) is 0 Å². The number of carboxylic acids is 1. The summed E-state index contributed by atoms with van der Waals surface area (Å²) in [6, 6.07) is 3.38. The van der Waals surface area contributed by atoms with Gasteiger partial charge in [-0.3, -0.25) is 24.2 Å². The van der Waals surface area contributed by atoms with Crippen molar-refractivity contribution in [3.05, 3.63) is 41.2 Å². The average Bonchev–Trinajstić information content (AvgIpc) is 3.39. The third-order valence-electron chi connectivity index (χ3n) is 16.2. The number of Topliss-reactive ketones (excluding diaryl/α,β-unsaturated/α-hetero) is 1. The largest absolute Gasteiger partial charge is 0.481 e. The van der Waals surface area contributed by atoms with Gasteiger partial charge in [-0.15, -0.1) is 0 Å². The topological polar surface area (TPSA) is 134 Å². The average molecular weight is 733 g/mol. The van der Waals surface area contributed by atoms with E-state index in [1.807, 2.05) is 0 Å². The number of allylic oxidation sites excluding steroid dienone is 1. The molecule has 9 heteroatoms. The minimum atomic E-state index is -1.18. The number of esters is 1. The number of pyridine rings is 1. The van der Waals surface area contributed by atoms with Gasteiger partial charge in [-0.05, 0) is 123 Å². The third-order valence-corrected chi connectivity index (χ3v) is 16.2. The fraction of sp³-hybridized carbons (Fsp3) is 0.750. The first-order chi connectivity index (χ1) is 24.6. The lowest BCUT2D eigenvalue weighted by atomic mass is 9.33. The number of fused-ring (bicyclic) bond motifs is 7. The van der Waals surface area contributed by atoms with E-state index < -0.39 is 28.9 Å². The third kappa shape index (κ3) is 6.01. The van der Waals surface area contributed by atoms with Crippen molar-refractivity contribution in [2.24, 2.45) is 56.2 Å². The Morgan fingerprint density at radius 1 is 0.943 bits per heavy atom. The zero-order chi connectivity index (χ0) is 39.1. The molecule has 0 aromatic carbocycles. The van der Waals surface area contributed by atoms with Crippen molar-refractivity contribution in [2.75, 3.05) is 13.6 Å². The Balaban J connectivity index is 1.28. The minimum Gasteiger partial charge on any atom is -0.481 e. The fourth-order valence-corrected chi connectivity index (χ4v) is 13.1. The molecule has 0 radical (unpaired) electrons. The number of ketones is 1. The van der Waals surface area contributed by atoms with Crippen molar-refractivity contribution in [3.63, 3.8) is 0 Å². The number of rotatable bonds is 9. The number of hydrogen-bond acceptors (Lipinski definition) is 7. The van der Waals surface area contributed by atoms with Gasteiger partial charge >= 0.3 is 11.9 Å². The smallest absolute Gasteiger partial charge is 0.309 e. The molecule has 9 nitrogen and oxygen atoms in total. The lowest BCUT2D eigenvalue weighted by Gasteiger charge is -2.72. The van der Waals surface area contributed by atoms with Crippen LogP contribution in [0.1, 0.15) is 137 Å². The number of ether oxygens (including phenoxy) is 1. The van der Waals surface area contributed by atoms with Crippen molar-refractivity contribution in [2.45, 2.75) is 139 Å².